The molecule has 1 aliphatic heterocycles. The highest BCUT2D eigenvalue weighted by Crippen LogP contribution is 2.28. The van der Waals surface area contributed by atoms with Crippen molar-refractivity contribution in [1.82, 2.24) is 4.90 Å². The van der Waals surface area contributed by atoms with E-state index in [2.05, 4.69) is 0 Å². The molecule has 1 aliphatic rings. The van der Waals surface area contributed by atoms with E-state index in [9.17, 15) is 4.79 Å². The van der Waals surface area contributed by atoms with Gasteiger partial charge in [-0.25, -0.2) is 0 Å². The molecule has 1 amide bonds. The fraction of sp³-hybridized carbons (Fsp3) is 0.588. The van der Waals surface area contributed by atoms with Crippen molar-refractivity contribution in [2.75, 3.05) is 20.2 Å². The Morgan fingerprint density at radius 1 is 1.35 bits per heavy atom. The van der Waals surface area contributed by atoms with Crippen molar-refractivity contribution in [2.45, 2.75) is 42.9 Å². The van der Waals surface area contributed by atoms with Gasteiger partial charge in [-0.2, -0.15) is 0 Å². The Bertz CT molecular complexity index is 496. The highest BCUT2D eigenvalue weighted by Gasteiger charge is 2.28. The number of hydrogen-bond acceptors (Lipinski definition) is 4. The van der Waals surface area contributed by atoms with Gasteiger partial charge >= 0.3 is 0 Å². The summed E-state index contributed by atoms with van der Waals surface area (Å²) in [5.74, 6) is 1.47. The number of thioether (sulfide) groups is 1. The Balaban J connectivity index is 0.00000264. The highest BCUT2D eigenvalue weighted by molar-refractivity contribution is 8.00. The van der Waals surface area contributed by atoms with Crippen LogP contribution in [0.2, 0.25) is 0 Å². The molecule has 0 spiro atoms. The van der Waals surface area contributed by atoms with Crippen molar-refractivity contribution in [3.8, 4) is 5.75 Å². The summed E-state index contributed by atoms with van der Waals surface area (Å²) in [5.41, 5.74) is 6.00. The average molecular weight is 359 g/mol. The van der Waals surface area contributed by atoms with Crippen LogP contribution in [-0.4, -0.2) is 42.3 Å². The van der Waals surface area contributed by atoms with Gasteiger partial charge in [-0.3, -0.25) is 4.79 Å². The zero-order valence-electron chi connectivity index (χ0n) is 14.0. The molecule has 2 rings (SSSR count). The number of rotatable bonds is 5. The van der Waals surface area contributed by atoms with E-state index < -0.39 is 0 Å². The fourth-order valence-electron chi connectivity index (χ4n) is 2.81. The van der Waals surface area contributed by atoms with Crippen molar-refractivity contribution < 1.29 is 9.53 Å². The number of ether oxygens (including phenoxy) is 1. The van der Waals surface area contributed by atoms with E-state index in [4.69, 9.17) is 10.5 Å². The zero-order chi connectivity index (χ0) is 16.1. The van der Waals surface area contributed by atoms with E-state index in [0.29, 0.717) is 5.92 Å². The number of hydrogen-bond donors (Lipinski definition) is 1. The number of nitrogens with two attached hydrogens (primary N) is 1. The van der Waals surface area contributed by atoms with Crippen LogP contribution in [0.25, 0.3) is 0 Å². The summed E-state index contributed by atoms with van der Waals surface area (Å²) in [6.45, 7) is 5.67. The molecule has 0 radical (unpaired) electrons. The van der Waals surface area contributed by atoms with Crippen LogP contribution in [0.3, 0.4) is 0 Å². The van der Waals surface area contributed by atoms with E-state index in [1.165, 1.54) is 0 Å². The third kappa shape index (κ3) is 5.59. The SMILES string of the molecule is COc1ccc(SC(C)C(=O)N2CCCC(C(C)N)C2)cc1.Cl. The molecular weight excluding hydrogens is 332 g/mol. The molecule has 1 fully saturated rings. The van der Waals surface area contributed by atoms with Crippen LogP contribution < -0.4 is 10.5 Å². The standard InChI is InChI=1S/C17H26N2O2S.ClH/c1-12(18)14-5-4-10-19(11-14)17(20)13(2)22-16-8-6-15(21-3)7-9-16;/h6-9,12-14H,4-5,10-11,18H2,1-3H3;1H. The van der Waals surface area contributed by atoms with Crippen LogP contribution in [0.15, 0.2) is 29.2 Å². The second-order valence-electron chi connectivity index (χ2n) is 5.98. The molecule has 1 saturated heterocycles. The number of nitrogens with zero attached hydrogens (tertiary/aromatic N) is 1. The molecule has 1 aromatic carbocycles. The first-order chi connectivity index (χ1) is 10.5. The minimum absolute atomic E-state index is 0. The summed E-state index contributed by atoms with van der Waals surface area (Å²) in [7, 11) is 1.65. The Morgan fingerprint density at radius 2 is 2.00 bits per heavy atom. The van der Waals surface area contributed by atoms with Gasteiger partial charge in [0.05, 0.1) is 12.4 Å². The summed E-state index contributed by atoms with van der Waals surface area (Å²) in [6, 6.07) is 7.99. The number of carbonyl (C=O) groups excluding carboxylic acids is 1. The lowest BCUT2D eigenvalue weighted by Gasteiger charge is -2.35. The van der Waals surface area contributed by atoms with Crippen LogP contribution in [0, 0.1) is 5.92 Å². The van der Waals surface area contributed by atoms with E-state index in [1.54, 1.807) is 18.9 Å². The maximum absolute atomic E-state index is 12.6. The molecule has 0 aromatic heterocycles. The minimum atomic E-state index is -0.0831. The molecular formula is C17H27ClN2O2S. The third-order valence-electron chi connectivity index (χ3n) is 4.23. The summed E-state index contributed by atoms with van der Waals surface area (Å²) in [5, 5.41) is -0.0831. The van der Waals surface area contributed by atoms with Crippen molar-refractivity contribution in [1.29, 1.82) is 0 Å². The topological polar surface area (TPSA) is 55.6 Å². The first kappa shape index (κ1) is 20.1. The first-order valence-corrected chi connectivity index (χ1v) is 8.74. The predicted molar refractivity (Wildman–Crippen MR) is 98.5 cm³/mol. The van der Waals surface area contributed by atoms with Crippen LogP contribution in [0.5, 0.6) is 5.75 Å². The second-order valence-corrected chi connectivity index (χ2v) is 7.40. The van der Waals surface area contributed by atoms with Gasteiger partial charge in [0.15, 0.2) is 0 Å². The second kappa shape index (κ2) is 9.40. The number of piperidine rings is 1. The molecule has 1 aromatic rings. The van der Waals surface area contributed by atoms with Crippen molar-refractivity contribution in [3.05, 3.63) is 24.3 Å². The Hall–Kier alpha value is -0.910. The van der Waals surface area contributed by atoms with Crippen molar-refractivity contribution in [2.24, 2.45) is 11.7 Å². The molecule has 0 saturated carbocycles. The van der Waals surface area contributed by atoms with Crippen LogP contribution in [0.4, 0.5) is 0 Å². The Kier molecular flexibility index (Phi) is 8.23. The van der Waals surface area contributed by atoms with Gasteiger partial charge in [0.1, 0.15) is 5.75 Å². The van der Waals surface area contributed by atoms with Crippen LogP contribution in [0.1, 0.15) is 26.7 Å². The number of likely N-dealkylation sites (tertiary alicyclic amines) is 1. The lowest BCUT2D eigenvalue weighted by molar-refractivity contribution is -0.132. The maximum Gasteiger partial charge on any atom is 0.235 e. The van der Waals surface area contributed by atoms with Gasteiger partial charge in [-0.1, -0.05) is 0 Å². The molecule has 4 nitrogen and oxygen atoms in total. The number of carbonyl (C=O) groups is 1. The first-order valence-electron chi connectivity index (χ1n) is 7.86. The van der Waals surface area contributed by atoms with Gasteiger partial charge in [-0.15, -0.1) is 24.2 Å². The Labute approximate surface area is 149 Å². The molecule has 3 atom stereocenters. The Morgan fingerprint density at radius 3 is 2.57 bits per heavy atom. The molecule has 1 heterocycles. The fourth-order valence-corrected chi connectivity index (χ4v) is 3.76. The quantitative estimate of drug-likeness (QED) is 0.821. The molecule has 130 valence electrons. The van der Waals surface area contributed by atoms with E-state index in [0.717, 1.165) is 36.6 Å². The van der Waals surface area contributed by atoms with Crippen LogP contribution >= 0.6 is 24.2 Å². The number of halogens is 1. The molecule has 2 N–H and O–H groups in total. The van der Waals surface area contributed by atoms with Gasteiger partial charge < -0.3 is 15.4 Å². The summed E-state index contributed by atoms with van der Waals surface area (Å²) >= 11 is 1.60. The largest absolute Gasteiger partial charge is 0.497 e. The monoisotopic (exact) mass is 358 g/mol. The lowest BCUT2D eigenvalue weighted by Crippen LogP contribution is -2.47. The maximum atomic E-state index is 12.6. The van der Waals surface area contributed by atoms with Gasteiger partial charge in [0.2, 0.25) is 5.91 Å². The normalized spacial score (nSPS) is 20.3. The van der Waals surface area contributed by atoms with Crippen LogP contribution in [-0.2, 0) is 4.79 Å². The zero-order valence-corrected chi connectivity index (χ0v) is 15.7. The number of methoxy groups -OCH3 is 1. The lowest BCUT2D eigenvalue weighted by atomic mass is 9.92. The van der Waals surface area contributed by atoms with Crippen molar-refractivity contribution in [3.63, 3.8) is 0 Å². The molecule has 3 unspecified atom stereocenters. The van der Waals surface area contributed by atoms with Gasteiger partial charge in [0, 0.05) is 24.0 Å². The number of benzene rings is 1. The highest BCUT2D eigenvalue weighted by atomic mass is 35.5. The van der Waals surface area contributed by atoms with E-state index in [-0.39, 0.29) is 29.6 Å². The number of amides is 1. The molecule has 0 bridgehead atoms. The molecule has 6 heteroatoms. The smallest absolute Gasteiger partial charge is 0.235 e. The van der Waals surface area contributed by atoms with Gasteiger partial charge in [0.25, 0.3) is 0 Å². The van der Waals surface area contributed by atoms with Gasteiger partial charge in [-0.05, 0) is 56.9 Å². The summed E-state index contributed by atoms with van der Waals surface area (Å²) < 4.78 is 5.15. The van der Waals surface area contributed by atoms with E-state index >= 15 is 0 Å². The predicted octanol–water partition coefficient (Wildman–Crippen LogP) is 3.18. The summed E-state index contributed by atoms with van der Waals surface area (Å²) in [6.07, 6.45) is 2.18. The molecule has 0 aliphatic carbocycles. The third-order valence-corrected chi connectivity index (χ3v) is 5.33. The summed E-state index contributed by atoms with van der Waals surface area (Å²) in [4.78, 5) is 15.7. The molecule has 23 heavy (non-hydrogen) atoms. The van der Waals surface area contributed by atoms with Crippen molar-refractivity contribution >= 4 is 30.1 Å². The minimum Gasteiger partial charge on any atom is -0.497 e. The van der Waals surface area contributed by atoms with E-state index in [1.807, 2.05) is 43.0 Å². The average Bonchev–Trinajstić information content (AvgIpc) is 2.54.